The molecular formula is C32H33BrN2O6. The zero-order valence-electron chi connectivity index (χ0n) is 23.5. The molecule has 1 heterocycles. The van der Waals surface area contributed by atoms with Gasteiger partial charge >= 0.3 is 6.03 Å². The number of benzene rings is 3. The van der Waals surface area contributed by atoms with Crippen LogP contribution in [0.4, 0.5) is 10.5 Å². The van der Waals surface area contributed by atoms with Crippen molar-refractivity contribution in [2.75, 3.05) is 24.7 Å². The predicted molar refractivity (Wildman–Crippen MR) is 162 cm³/mol. The van der Waals surface area contributed by atoms with Gasteiger partial charge in [0.1, 0.15) is 24.5 Å². The molecule has 214 valence electrons. The Morgan fingerprint density at radius 3 is 2.27 bits per heavy atom. The standard InChI is InChI=1S/C32H33BrN2O6/c1-5-21(4)23-9-13-25(14-10-23)40-15-16-41-29-27(33)18-22(19-28(29)39-6-2)17-26-30(36)34-32(38)35(31(26)37)24-11-7-20(3)8-12-24/h7-14,17-19,21H,5-6,15-16H2,1-4H3,(H,34,36,38)/b26-17-/t21-/m1/s1. The van der Waals surface area contributed by atoms with Crippen LogP contribution in [-0.2, 0) is 9.59 Å². The molecule has 8 nitrogen and oxygen atoms in total. The topological polar surface area (TPSA) is 94.2 Å². The van der Waals surface area contributed by atoms with Crippen LogP contribution >= 0.6 is 15.9 Å². The monoisotopic (exact) mass is 620 g/mol. The number of imide groups is 2. The van der Waals surface area contributed by atoms with Crippen molar-refractivity contribution >= 4 is 45.5 Å². The van der Waals surface area contributed by atoms with Gasteiger partial charge in [-0.25, -0.2) is 9.69 Å². The van der Waals surface area contributed by atoms with E-state index in [1.165, 1.54) is 11.6 Å². The molecular weight excluding hydrogens is 588 g/mol. The molecule has 4 amide bonds. The Kier molecular flexibility index (Phi) is 9.83. The molecule has 41 heavy (non-hydrogen) atoms. The molecule has 0 aliphatic carbocycles. The maximum absolute atomic E-state index is 13.3. The van der Waals surface area contributed by atoms with E-state index in [0.29, 0.717) is 46.4 Å². The van der Waals surface area contributed by atoms with E-state index in [9.17, 15) is 14.4 Å². The second kappa shape index (κ2) is 13.5. The molecule has 0 saturated carbocycles. The number of rotatable bonds is 11. The van der Waals surface area contributed by atoms with Gasteiger partial charge in [0.2, 0.25) is 0 Å². The van der Waals surface area contributed by atoms with E-state index in [-0.39, 0.29) is 12.2 Å². The van der Waals surface area contributed by atoms with E-state index in [4.69, 9.17) is 14.2 Å². The number of aryl methyl sites for hydroxylation is 1. The molecule has 0 unspecified atom stereocenters. The van der Waals surface area contributed by atoms with E-state index in [2.05, 4.69) is 47.2 Å². The average Bonchev–Trinajstić information content (AvgIpc) is 2.95. The third-order valence-electron chi connectivity index (χ3n) is 6.70. The van der Waals surface area contributed by atoms with Crippen molar-refractivity contribution in [1.82, 2.24) is 5.32 Å². The first kappa shape index (κ1) is 29.9. The third-order valence-corrected chi connectivity index (χ3v) is 7.29. The van der Waals surface area contributed by atoms with Gasteiger partial charge in [-0.05, 0) is 95.7 Å². The molecule has 1 atom stereocenters. The van der Waals surface area contributed by atoms with Crippen LogP contribution in [0.25, 0.3) is 6.08 Å². The fourth-order valence-electron chi connectivity index (χ4n) is 4.26. The number of carbonyl (C=O) groups is 3. The maximum atomic E-state index is 13.3. The number of urea groups is 1. The number of anilines is 1. The summed E-state index contributed by atoms with van der Waals surface area (Å²) in [5.41, 5.74) is 2.95. The van der Waals surface area contributed by atoms with E-state index in [1.807, 2.05) is 26.0 Å². The fraction of sp³-hybridized carbons (Fsp3) is 0.281. The van der Waals surface area contributed by atoms with E-state index in [0.717, 1.165) is 22.6 Å². The largest absolute Gasteiger partial charge is 0.490 e. The quantitative estimate of drug-likeness (QED) is 0.144. The Bertz CT molecular complexity index is 1450. The number of ether oxygens (including phenoxy) is 3. The molecule has 1 saturated heterocycles. The molecule has 9 heteroatoms. The Labute approximate surface area is 248 Å². The highest BCUT2D eigenvalue weighted by Gasteiger charge is 2.36. The minimum atomic E-state index is -0.797. The molecule has 1 aliphatic heterocycles. The van der Waals surface area contributed by atoms with E-state index < -0.39 is 17.8 Å². The van der Waals surface area contributed by atoms with Gasteiger partial charge in [-0.2, -0.15) is 0 Å². The second-order valence-electron chi connectivity index (χ2n) is 9.63. The lowest BCUT2D eigenvalue weighted by atomic mass is 9.99. The van der Waals surface area contributed by atoms with E-state index in [1.54, 1.807) is 36.4 Å². The second-order valence-corrected chi connectivity index (χ2v) is 10.5. The van der Waals surface area contributed by atoms with Crippen LogP contribution in [0.2, 0.25) is 0 Å². The van der Waals surface area contributed by atoms with Gasteiger partial charge in [-0.1, -0.05) is 43.7 Å². The minimum Gasteiger partial charge on any atom is -0.490 e. The Morgan fingerprint density at radius 2 is 1.61 bits per heavy atom. The lowest BCUT2D eigenvalue weighted by Crippen LogP contribution is -2.54. The van der Waals surface area contributed by atoms with Crippen molar-refractivity contribution in [2.24, 2.45) is 0 Å². The summed E-state index contributed by atoms with van der Waals surface area (Å²) >= 11 is 3.53. The fourth-order valence-corrected chi connectivity index (χ4v) is 4.83. The first-order valence-corrected chi connectivity index (χ1v) is 14.3. The summed E-state index contributed by atoms with van der Waals surface area (Å²) in [4.78, 5) is 39.3. The van der Waals surface area contributed by atoms with Crippen LogP contribution in [0.1, 0.15) is 49.8 Å². The van der Waals surface area contributed by atoms with Crippen molar-refractivity contribution in [3.05, 3.63) is 87.4 Å². The summed E-state index contributed by atoms with van der Waals surface area (Å²) in [7, 11) is 0. The van der Waals surface area contributed by atoms with Crippen molar-refractivity contribution < 1.29 is 28.6 Å². The van der Waals surface area contributed by atoms with Crippen molar-refractivity contribution in [2.45, 2.75) is 40.0 Å². The summed E-state index contributed by atoms with van der Waals surface area (Å²) in [6.45, 7) is 9.07. The van der Waals surface area contributed by atoms with Crippen LogP contribution < -0.4 is 24.4 Å². The van der Waals surface area contributed by atoms with Crippen LogP contribution in [0.3, 0.4) is 0 Å². The summed E-state index contributed by atoms with van der Waals surface area (Å²) in [5.74, 6) is 0.682. The van der Waals surface area contributed by atoms with Gasteiger partial charge in [0.25, 0.3) is 11.8 Å². The molecule has 0 bridgehead atoms. The summed E-state index contributed by atoms with van der Waals surface area (Å²) in [6, 6.07) is 17.6. The number of barbiturate groups is 1. The van der Waals surface area contributed by atoms with Crippen LogP contribution in [0.15, 0.2) is 70.7 Å². The SMILES string of the molecule is CCOc1cc(/C=C2/C(=O)NC(=O)N(c3ccc(C)cc3)C2=O)cc(Br)c1OCCOc1ccc([C@H](C)CC)cc1. The van der Waals surface area contributed by atoms with Gasteiger partial charge in [-0.15, -0.1) is 0 Å². The zero-order valence-corrected chi connectivity index (χ0v) is 25.1. The Balaban J connectivity index is 1.49. The average molecular weight is 622 g/mol. The lowest BCUT2D eigenvalue weighted by molar-refractivity contribution is -0.122. The Hall–Kier alpha value is -4.11. The highest BCUT2D eigenvalue weighted by Crippen LogP contribution is 2.38. The normalized spacial score (nSPS) is 15.1. The zero-order chi connectivity index (χ0) is 29.5. The van der Waals surface area contributed by atoms with Crippen LogP contribution in [0.5, 0.6) is 17.2 Å². The third kappa shape index (κ3) is 7.16. The first-order valence-electron chi connectivity index (χ1n) is 13.5. The smallest absolute Gasteiger partial charge is 0.335 e. The maximum Gasteiger partial charge on any atom is 0.335 e. The van der Waals surface area contributed by atoms with Gasteiger partial charge in [0.05, 0.1) is 16.8 Å². The van der Waals surface area contributed by atoms with Crippen LogP contribution in [-0.4, -0.2) is 37.7 Å². The van der Waals surface area contributed by atoms with Crippen molar-refractivity contribution in [1.29, 1.82) is 0 Å². The molecule has 0 radical (unpaired) electrons. The van der Waals surface area contributed by atoms with E-state index >= 15 is 0 Å². The number of carbonyl (C=O) groups excluding carboxylic acids is 3. The van der Waals surface area contributed by atoms with Gasteiger partial charge < -0.3 is 14.2 Å². The number of hydrogen-bond donors (Lipinski definition) is 1. The first-order chi connectivity index (χ1) is 19.7. The number of halogens is 1. The van der Waals surface area contributed by atoms with Gasteiger partial charge in [-0.3, -0.25) is 14.9 Å². The summed E-state index contributed by atoms with van der Waals surface area (Å²) in [5, 5.41) is 2.25. The Morgan fingerprint density at radius 1 is 0.927 bits per heavy atom. The molecule has 1 N–H and O–H groups in total. The lowest BCUT2D eigenvalue weighted by Gasteiger charge is -2.26. The molecule has 0 aromatic heterocycles. The highest BCUT2D eigenvalue weighted by atomic mass is 79.9. The number of nitrogens with one attached hydrogen (secondary N) is 1. The molecule has 3 aromatic rings. The number of nitrogens with zero attached hydrogens (tertiary/aromatic N) is 1. The minimum absolute atomic E-state index is 0.180. The number of amides is 4. The molecule has 1 aliphatic rings. The molecule has 4 rings (SSSR count). The highest BCUT2D eigenvalue weighted by molar-refractivity contribution is 9.10. The van der Waals surface area contributed by atoms with Crippen molar-refractivity contribution in [3.63, 3.8) is 0 Å². The predicted octanol–water partition coefficient (Wildman–Crippen LogP) is 6.79. The van der Waals surface area contributed by atoms with Gasteiger partial charge in [0.15, 0.2) is 11.5 Å². The molecule has 1 fully saturated rings. The molecule has 3 aromatic carbocycles. The van der Waals surface area contributed by atoms with Gasteiger partial charge in [0, 0.05) is 0 Å². The van der Waals surface area contributed by atoms with Crippen LogP contribution in [0, 0.1) is 6.92 Å². The number of hydrogen-bond acceptors (Lipinski definition) is 6. The van der Waals surface area contributed by atoms with Crippen molar-refractivity contribution in [3.8, 4) is 17.2 Å². The summed E-state index contributed by atoms with van der Waals surface area (Å²) in [6.07, 6.45) is 2.50. The summed E-state index contributed by atoms with van der Waals surface area (Å²) < 4.78 is 18.2. The molecule has 0 spiro atoms.